The van der Waals surface area contributed by atoms with Crippen LogP contribution in [-0.2, 0) is 5.41 Å². The van der Waals surface area contributed by atoms with Crippen LogP contribution in [0.2, 0.25) is 0 Å². The van der Waals surface area contributed by atoms with Crippen LogP contribution in [0.1, 0.15) is 39.2 Å². The van der Waals surface area contributed by atoms with Crippen molar-refractivity contribution in [3.63, 3.8) is 0 Å². The van der Waals surface area contributed by atoms with E-state index in [2.05, 4.69) is 32.9 Å². The highest BCUT2D eigenvalue weighted by atomic mass is 16.5. The predicted octanol–water partition coefficient (Wildman–Crippen LogP) is 3.78. The molecular weight excluding hydrogens is 200 g/mol. The number of benzene rings is 1. The van der Waals surface area contributed by atoms with Crippen molar-refractivity contribution in [3.8, 4) is 11.5 Å². The summed E-state index contributed by atoms with van der Waals surface area (Å²) < 4.78 is 10.6. The first-order valence-electron chi connectivity index (χ1n) is 5.77. The Hall–Kier alpha value is -1.18. The van der Waals surface area contributed by atoms with Crippen LogP contribution in [0.4, 0.5) is 0 Å². The molecule has 2 heteroatoms. The molecular formula is C14H22O2. The summed E-state index contributed by atoms with van der Waals surface area (Å²) in [6.07, 6.45) is 2.33. The standard InChI is InChI=1S/C14H22O2/c1-6-7-14(2,3)11-8-12(15-4)10-13(9-11)16-5/h8-10H,6-7H2,1-5H3. The van der Waals surface area contributed by atoms with Crippen LogP contribution in [0.5, 0.6) is 11.5 Å². The minimum atomic E-state index is 0.163. The van der Waals surface area contributed by atoms with Crippen molar-refractivity contribution in [3.05, 3.63) is 23.8 Å². The lowest BCUT2D eigenvalue weighted by Crippen LogP contribution is -2.16. The minimum absolute atomic E-state index is 0.163. The van der Waals surface area contributed by atoms with E-state index < -0.39 is 0 Å². The Bertz CT molecular complexity index is 320. The molecule has 0 unspecified atom stereocenters. The SMILES string of the molecule is CCCC(C)(C)c1cc(OC)cc(OC)c1. The van der Waals surface area contributed by atoms with Gasteiger partial charge >= 0.3 is 0 Å². The average molecular weight is 222 g/mol. The molecule has 0 fully saturated rings. The average Bonchev–Trinajstić information content (AvgIpc) is 2.28. The second-order valence-corrected chi connectivity index (χ2v) is 4.74. The summed E-state index contributed by atoms with van der Waals surface area (Å²) in [4.78, 5) is 0. The monoisotopic (exact) mass is 222 g/mol. The summed E-state index contributed by atoms with van der Waals surface area (Å²) in [5.41, 5.74) is 1.43. The molecule has 1 rings (SSSR count). The van der Waals surface area contributed by atoms with Crippen LogP contribution in [0, 0.1) is 0 Å². The van der Waals surface area contributed by atoms with Crippen molar-refractivity contribution in [2.75, 3.05) is 14.2 Å². The van der Waals surface area contributed by atoms with Gasteiger partial charge in [0.05, 0.1) is 14.2 Å². The molecule has 0 bridgehead atoms. The third-order valence-electron chi connectivity index (χ3n) is 3.01. The normalized spacial score (nSPS) is 11.3. The second-order valence-electron chi connectivity index (χ2n) is 4.74. The van der Waals surface area contributed by atoms with Crippen molar-refractivity contribution in [2.24, 2.45) is 0 Å². The zero-order chi connectivity index (χ0) is 12.2. The Morgan fingerprint density at radius 3 is 1.88 bits per heavy atom. The molecule has 16 heavy (non-hydrogen) atoms. The molecule has 1 aromatic carbocycles. The van der Waals surface area contributed by atoms with Crippen LogP contribution < -0.4 is 9.47 Å². The van der Waals surface area contributed by atoms with Gasteiger partial charge in [-0.1, -0.05) is 27.2 Å². The smallest absolute Gasteiger partial charge is 0.122 e. The summed E-state index contributed by atoms with van der Waals surface area (Å²) in [5, 5.41) is 0. The lowest BCUT2D eigenvalue weighted by Gasteiger charge is -2.25. The van der Waals surface area contributed by atoms with Gasteiger partial charge in [0.2, 0.25) is 0 Å². The summed E-state index contributed by atoms with van der Waals surface area (Å²) in [5.74, 6) is 1.72. The van der Waals surface area contributed by atoms with Crippen molar-refractivity contribution >= 4 is 0 Å². The lowest BCUT2D eigenvalue weighted by atomic mass is 9.80. The van der Waals surface area contributed by atoms with Crippen molar-refractivity contribution < 1.29 is 9.47 Å². The molecule has 0 spiro atoms. The van der Waals surface area contributed by atoms with E-state index in [-0.39, 0.29) is 5.41 Å². The van der Waals surface area contributed by atoms with Crippen LogP contribution in [0.3, 0.4) is 0 Å². The summed E-state index contributed by atoms with van der Waals surface area (Å²) in [6, 6.07) is 6.10. The zero-order valence-electron chi connectivity index (χ0n) is 11.0. The molecule has 0 saturated carbocycles. The molecule has 0 aliphatic heterocycles. The topological polar surface area (TPSA) is 18.5 Å². The number of rotatable bonds is 5. The van der Waals surface area contributed by atoms with Gasteiger partial charge in [-0.3, -0.25) is 0 Å². The Morgan fingerprint density at radius 1 is 1.00 bits per heavy atom. The maximum absolute atomic E-state index is 5.29. The van der Waals surface area contributed by atoms with Gasteiger partial charge < -0.3 is 9.47 Å². The summed E-state index contributed by atoms with van der Waals surface area (Å²) >= 11 is 0. The van der Waals surface area contributed by atoms with Gasteiger partial charge in [-0.2, -0.15) is 0 Å². The highest BCUT2D eigenvalue weighted by molar-refractivity contribution is 5.41. The van der Waals surface area contributed by atoms with E-state index in [9.17, 15) is 0 Å². The molecule has 0 aromatic heterocycles. The van der Waals surface area contributed by atoms with Crippen molar-refractivity contribution in [1.29, 1.82) is 0 Å². The largest absolute Gasteiger partial charge is 0.497 e. The minimum Gasteiger partial charge on any atom is -0.497 e. The highest BCUT2D eigenvalue weighted by Crippen LogP contribution is 2.33. The van der Waals surface area contributed by atoms with Gasteiger partial charge in [0.1, 0.15) is 11.5 Å². The fourth-order valence-corrected chi connectivity index (χ4v) is 1.97. The number of hydrogen-bond acceptors (Lipinski definition) is 2. The number of hydrogen-bond donors (Lipinski definition) is 0. The van der Waals surface area contributed by atoms with Crippen LogP contribution in [0.15, 0.2) is 18.2 Å². The van der Waals surface area contributed by atoms with Gasteiger partial charge in [-0.05, 0) is 29.5 Å². The zero-order valence-corrected chi connectivity index (χ0v) is 11.0. The molecule has 0 aliphatic carbocycles. The molecule has 0 heterocycles. The first-order chi connectivity index (χ1) is 7.53. The van der Waals surface area contributed by atoms with Crippen LogP contribution in [-0.4, -0.2) is 14.2 Å². The van der Waals surface area contributed by atoms with Crippen molar-refractivity contribution in [1.82, 2.24) is 0 Å². The molecule has 90 valence electrons. The van der Waals surface area contributed by atoms with Gasteiger partial charge in [-0.15, -0.1) is 0 Å². The first-order valence-corrected chi connectivity index (χ1v) is 5.77. The highest BCUT2D eigenvalue weighted by Gasteiger charge is 2.20. The van der Waals surface area contributed by atoms with Crippen molar-refractivity contribution in [2.45, 2.75) is 39.0 Å². The quantitative estimate of drug-likeness (QED) is 0.754. The Morgan fingerprint density at radius 2 is 1.50 bits per heavy atom. The maximum Gasteiger partial charge on any atom is 0.122 e. The van der Waals surface area contributed by atoms with E-state index >= 15 is 0 Å². The van der Waals surface area contributed by atoms with Gasteiger partial charge in [0.25, 0.3) is 0 Å². The lowest BCUT2D eigenvalue weighted by molar-refractivity contribution is 0.387. The molecule has 2 nitrogen and oxygen atoms in total. The molecule has 0 aliphatic rings. The summed E-state index contributed by atoms with van der Waals surface area (Å²) in [7, 11) is 3.37. The first kappa shape index (κ1) is 12.9. The molecule has 0 amide bonds. The fraction of sp³-hybridized carbons (Fsp3) is 0.571. The van der Waals surface area contributed by atoms with Gasteiger partial charge in [0.15, 0.2) is 0 Å². The summed E-state index contributed by atoms with van der Waals surface area (Å²) in [6.45, 7) is 6.72. The fourth-order valence-electron chi connectivity index (χ4n) is 1.97. The van der Waals surface area contributed by atoms with E-state index in [1.807, 2.05) is 6.07 Å². The van der Waals surface area contributed by atoms with E-state index in [4.69, 9.17) is 9.47 Å². The predicted molar refractivity (Wildman–Crippen MR) is 67.5 cm³/mol. The van der Waals surface area contributed by atoms with E-state index in [0.29, 0.717) is 0 Å². The molecule has 0 radical (unpaired) electrons. The maximum atomic E-state index is 5.29. The van der Waals surface area contributed by atoms with E-state index in [1.165, 1.54) is 12.0 Å². The molecule has 0 saturated heterocycles. The molecule has 1 aromatic rings. The third-order valence-corrected chi connectivity index (χ3v) is 3.01. The number of ether oxygens (including phenoxy) is 2. The van der Waals surface area contributed by atoms with Gasteiger partial charge in [-0.25, -0.2) is 0 Å². The molecule has 0 N–H and O–H groups in total. The third kappa shape index (κ3) is 2.91. The van der Waals surface area contributed by atoms with E-state index in [0.717, 1.165) is 17.9 Å². The Balaban J connectivity index is 3.11. The van der Waals surface area contributed by atoms with Crippen LogP contribution in [0.25, 0.3) is 0 Å². The second kappa shape index (κ2) is 5.24. The Labute approximate surface area is 98.6 Å². The molecule has 0 atom stereocenters. The van der Waals surface area contributed by atoms with E-state index in [1.54, 1.807) is 14.2 Å². The van der Waals surface area contributed by atoms with Gasteiger partial charge in [0, 0.05) is 6.07 Å². The Kier molecular flexibility index (Phi) is 4.22. The van der Waals surface area contributed by atoms with Crippen LogP contribution >= 0.6 is 0 Å². The number of methoxy groups -OCH3 is 2.